The van der Waals surface area contributed by atoms with Crippen molar-refractivity contribution in [1.29, 1.82) is 0 Å². The molecule has 2 N–H and O–H groups in total. The molecule has 0 unspecified atom stereocenters. The van der Waals surface area contributed by atoms with Gasteiger partial charge in [-0.2, -0.15) is 0 Å². The molecule has 3 rings (SSSR count). The SMILES string of the molecule is Cc1ccn(CC(=O)Nc2ccc(C(=O)NC3CCCCCCC3)cc2)c(=O)c1. The second kappa shape index (κ2) is 10.0. The number of pyridine rings is 1. The maximum Gasteiger partial charge on any atom is 0.251 e. The molecule has 6 nitrogen and oxygen atoms in total. The number of aromatic nitrogens is 1. The number of carbonyl (C=O) groups is 2. The highest BCUT2D eigenvalue weighted by Crippen LogP contribution is 2.18. The van der Waals surface area contributed by atoms with E-state index < -0.39 is 0 Å². The first-order valence-corrected chi connectivity index (χ1v) is 10.4. The molecular weight excluding hydrogens is 366 g/mol. The molecule has 0 atom stereocenters. The van der Waals surface area contributed by atoms with Gasteiger partial charge < -0.3 is 15.2 Å². The monoisotopic (exact) mass is 395 g/mol. The molecule has 0 radical (unpaired) electrons. The smallest absolute Gasteiger partial charge is 0.251 e. The van der Waals surface area contributed by atoms with Gasteiger partial charge in [0.25, 0.3) is 11.5 Å². The highest BCUT2D eigenvalue weighted by Gasteiger charge is 2.15. The van der Waals surface area contributed by atoms with E-state index in [1.165, 1.54) is 42.7 Å². The normalized spacial score (nSPS) is 15.2. The summed E-state index contributed by atoms with van der Waals surface area (Å²) in [5.41, 5.74) is 1.83. The zero-order valence-electron chi connectivity index (χ0n) is 16.9. The minimum Gasteiger partial charge on any atom is -0.349 e. The molecule has 1 aliphatic rings. The largest absolute Gasteiger partial charge is 0.349 e. The van der Waals surface area contributed by atoms with E-state index in [0.717, 1.165) is 18.4 Å². The van der Waals surface area contributed by atoms with Gasteiger partial charge in [0.1, 0.15) is 6.54 Å². The van der Waals surface area contributed by atoms with E-state index in [0.29, 0.717) is 11.3 Å². The van der Waals surface area contributed by atoms with Crippen molar-refractivity contribution in [2.24, 2.45) is 0 Å². The van der Waals surface area contributed by atoms with Crippen LogP contribution in [0.25, 0.3) is 0 Å². The number of anilines is 1. The van der Waals surface area contributed by atoms with Gasteiger partial charge in [-0.3, -0.25) is 14.4 Å². The van der Waals surface area contributed by atoms with Crippen LogP contribution in [-0.2, 0) is 11.3 Å². The quantitative estimate of drug-likeness (QED) is 0.811. The molecule has 1 saturated carbocycles. The first-order chi connectivity index (χ1) is 14.0. The van der Waals surface area contributed by atoms with Crippen molar-refractivity contribution >= 4 is 17.5 Å². The number of carbonyl (C=O) groups excluding carboxylic acids is 2. The van der Waals surface area contributed by atoms with Gasteiger partial charge in [-0.15, -0.1) is 0 Å². The molecule has 29 heavy (non-hydrogen) atoms. The maximum absolute atomic E-state index is 12.5. The fourth-order valence-electron chi connectivity index (χ4n) is 3.67. The Kier molecular flexibility index (Phi) is 7.22. The Labute approximate surface area is 171 Å². The summed E-state index contributed by atoms with van der Waals surface area (Å²) in [6.45, 7) is 1.78. The lowest BCUT2D eigenvalue weighted by atomic mass is 9.96. The maximum atomic E-state index is 12.5. The van der Waals surface area contributed by atoms with Crippen LogP contribution in [0.15, 0.2) is 47.4 Å². The van der Waals surface area contributed by atoms with E-state index in [-0.39, 0.29) is 30.0 Å². The fourth-order valence-corrected chi connectivity index (χ4v) is 3.67. The average molecular weight is 396 g/mol. The van der Waals surface area contributed by atoms with Crippen LogP contribution in [-0.4, -0.2) is 22.4 Å². The number of aryl methyl sites for hydroxylation is 1. The van der Waals surface area contributed by atoms with Crippen LogP contribution < -0.4 is 16.2 Å². The van der Waals surface area contributed by atoms with Crippen molar-refractivity contribution in [3.63, 3.8) is 0 Å². The molecule has 154 valence electrons. The van der Waals surface area contributed by atoms with Crippen LogP contribution in [0.3, 0.4) is 0 Å². The summed E-state index contributed by atoms with van der Waals surface area (Å²) in [5.74, 6) is -0.359. The number of benzene rings is 1. The molecule has 0 saturated heterocycles. The molecule has 0 aliphatic heterocycles. The van der Waals surface area contributed by atoms with Crippen molar-refractivity contribution in [3.8, 4) is 0 Å². The predicted octanol–water partition coefficient (Wildman–Crippen LogP) is 3.64. The summed E-state index contributed by atoms with van der Waals surface area (Å²) in [7, 11) is 0. The van der Waals surface area contributed by atoms with Gasteiger partial charge in [0.2, 0.25) is 5.91 Å². The summed E-state index contributed by atoms with van der Waals surface area (Å²) in [6.07, 6.45) is 9.81. The van der Waals surface area contributed by atoms with E-state index in [4.69, 9.17) is 0 Å². The zero-order chi connectivity index (χ0) is 20.6. The summed E-state index contributed by atoms with van der Waals surface area (Å²) in [4.78, 5) is 36.6. The Bertz CT molecular complexity index is 894. The molecule has 0 spiro atoms. The van der Waals surface area contributed by atoms with E-state index >= 15 is 0 Å². The molecule has 6 heteroatoms. The second-order valence-electron chi connectivity index (χ2n) is 7.81. The summed E-state index contributed by atoms with van der Waals surface area (Å²) in [6, 6.07) is 10.4. The molecule has 1 aliphatic carbocycles. The Hall–Kier alpha value is -2.89. The van der Waals surface area contributed by atoms with E-state index in [2.05, 4.69) is 10.6 Å². The number of nitrogens with zero attached hydrogens (tertiary/aromatic N) is 1. The summed E-state index contributed by atoms with van der Waals surface area (Å²) >= 11 is 0. The standard InChI is InChI=1S/C23H29N3O3/c1-17-13-14-26(22(28)15-17)16-21(27)24-20-11-9-18(10-12-20)23(29)25-19-7-5-3-2-4-6-8-19/h9-15,19H,2-8,16H2,1H3,(H,24,27)(H,25,29). The molecule has 1 fully saturated rings. The van der Waals surface area contributed by atoms with Gasteiger partial charge in [0.05, 0.1) is 0 Å². The molecule has 1 aromatic carbocycles. The van der Waals surface area contributed by atoms with Crippen LogP contribution in [0.2, 0.25) is 0 Å². The van der Waals surface area contributed by atoms with E-state index in [1.54, 1.807) is 36.5 Å². The van der Waals surface area contributed by atoms with Crippen LogP contribution in [0, 0.1) is 6.92 Å². The number of nitrogens with one attached hydrogen (secondary N) is 2. The number of hydrogen-bond acceptors (Lipinski definition) is 3. The molecule has 2 amide bonds. The highest BCUT2D eigenvalue weighted by molar-refractivity contribution is 5.95. The third-order valence-corrected chi connectivity index (χ3v) is 5.34. The van der Waals surface area contributed by atoms with Crippen molar-refractivity contribution in [1.82, 2.24) is 9.88 Å². The van der Waals surface area contributed by atoms with Crippen LogP contribution in [0.1, 0.15) is 60.9 Å². The van der Waals surface area contributed by atoms with Crippen molar-refractivity contribution in [3.05, 3.63) is 64.1 Å². The lowest BCUT2D eigenvalue weighted by molar-refractivity contribution is -0.116. The fraction of sp³-hybridized carbons (Fsp3) is 0.435. The molecule has 2 aromatic rings. The molecule has 1 aromatic heterocycles. The van der Waals surface area contributed by atoms with Crippen molar-refractivity contribution in [2.45, 2.75) is 64.5 Å². The van der Waals surface area contributed by atoms with Crippen LogP contribution >= 0.6 is 0 Å². The number of hydrogen-bond donors (Lipinski definition) is 2. The Morgan fingerprint density at radius 1 is 1.00 bits per heavy atom. The summed E-state index contributed by atoms with van der Waals surface area (Å²) in [5, 5.41) is 5.91. The van der Waals surface area contributed by atoms with Gasteiger partial charge in [-0.1, -0.05) is 32.1 Å². The Balaban J connectivity index is 1.54. The lowest BCUT2D eigenvalue weighted by Gasteiger charge is -2.21. The zero-order valence-corrected chi connectivity index (χ0v) is 16.9. The first kappa shape index (κ1) is 20.8. The third-order valence-electron chi connectivity index (χ3n) is 5.34. The lowest BCUT2D eigenvalue weighted by Crippen LogP contribution is -2.35. The van der Waals surface area contributed by atoms with E-state index in [1.807, 2.05) is 6.92 Å². The van der Waals surface area contributed by atoms with Gasteiger partial charge >= 0.3 is 0 Å². The molecule has 0 bridgehead atoms. The molecular formula is C23H29N3O3. The average Bonchev–Trinajstić information content (AvgIpc) is 2.66. The second-order valence-corrected chi connectivity index (χ2v) is 7.81. The van der Waals surface area contributed by atoms with Crippen LogP contribution in [0.5, 0.6) is 0 Å². The summed E-state index contributed by atoms with van der Waals surface area (Å²) < 4.78 is 1.36. The van der Waals surface area contributed by atoms with Gasteiger partial charge in [0, 0.05) is 29.6 Å². The van der Waals surface area contributed by atoms with Crippen LogP contribution in [0.4, 0.5) is 5.69 Å². The van der Waals surface area contributed by atoms with Crippen molar-refractivity contribution in [2.75, 3.05) is 5.32 Å². The highest BCUT2D eigenvalue weighted by atomic mass is 16.2. The number of rotatable bonds is 5. The minimum absolute atomic E-state index is 0.0525. The van der Waals surface area contributed by atoms with Gasteiger partial charge in [-0.05, 0) is 55.7 Å². The molecule has 1 heterocycles. The third kappa shape index (κ3) is 6.31. The first-order valence-electron chi connectivity index (χ1n) is 10.4. The predicted molar refractivity (Wildman–Crippen MR) is 114 cm³/mol. The topological polar surface area (TPSA) is 80.2 Å². The minimum atomic E-state index is -0.289. The van der Waals surface area contributed by atoms with Gasteiger partial charge in [0.15, 0.2) is 0 Å². The van der Waals surface area contributed by atoms with Crippen molar-refractivity contribution < 1.29 is 9.59 Å². The van der Waals surface area contributed by atoms with Gasteiger partial charge in [-0.25, -0.2) is 0 Å². The van der Waals surface area contributed by atoms with E-state index in [9.17, 15) is 14.4 Å². The number of amides is 2. The Morgan fingerprint density at radius 2 is 1.66 bits per heavy atom. The Morgan fingerprint density at radius 3 is 2.31 bits per heavy atom.